The van der Waals surface area contributed by atoms with Crippen molar-refractivity contribution in [3.05, 3.63) is 64.9 Å². The van der Waals surface area contributed by atoms with Crippen LogP contribution in [0.25, 0.3) is 0 Å². The van der Waals surface area contributed by atoms with E-state index in [0.717, 1.165) is 5.56 Å². The van der Waals surface area contributed by atoms with Crippen LogP contribution in [0.5, 0.6) is 5.75 Å². The zero-order valence-corrected chi connectivity index (χ0v) is 12.2. The molecule has 2 rings (SSSR count). The summed E-state index contributed by atoms with van der Waals surface area (Å²) in [6.07, 6.45) is 0. The molecule has 21 heavy (non-hydrogen) atoms. The van der Waals surface area contributed by atoms with Gasteiger partial charge in [0.05, 0.1) is 11.1 Å². The van der Waals surface area contributed by atoms with Crippen molar-refractivity contribution in [1.82, 2.24) is 5.32 Å². The summed E-state index contributed by atoms with van der Waals surface area (Å²) in [7, 11) is 0. The van der Waals surface area contributed by atoms with Gasteiger partial charge in [-0.05, 0) is 24.6 Å². The molecule has 1 atom stereocenters. The number of benzene rings is 2. The summed E-state index contributed by atoms with van der Waals surface area (Å²) in [5.41, 5.74) is 1.01. The summed E-state index contributed by atoms with van der Waals surface area (Å²) >= 11 is 5.64. The van der Waals surface area contributed by atoms with Gasteiger partial charge in [-0.15, -0.1) is 0 Å². The normalized spacial score (nSPS) is 11.8. The van der Waals surface area contributed by atoms with Gasteiger partial charge in [-0.1, -0.05) is 41.9 Å². The molecule has 1 N–H and O–H groups in total. The molecule has 0 aliphatic heterocycles. The molecule has 0 radical (unpaired) electrons. The lowest BCUT2D eigenvalue weighted by atomic mass is 10.1. The second-order valence-corrected chi connectivity index (χ2v) is 4.97. The van der Waals surface area contributed by atoms with Gasteiger partial charge >= 0.3 is 0 Å². The maximum atomic E-state index is 13.0. The monoisotopic (exact) mass is 307 g/mol. The van der Waals surface area contributed by atoms with Crippen molar-refractivity contribution in [1.29, 1.82) is 0 Å². The van der Waals surface area contributed by atoms with Crippen LogP contribution >= 0.6 is 11.6 Å². The standard InChI is InChI=1S/C16H15ClFNO2/c1-11(12-5-3-2-4-6-12)19-16(20)10-21-13-7-8-15(18)14(17)9-13/h2-9,11H,10H2,1H3,(H,19,20). The first-order valence-electron chi connectivity index (χ1n) is 6.48. The van der Waals surface area contributed by atoms with Crippen molar-refractivity contribution in [3.8, 4) is 5.75 Å². The Morgan fingerprint density at radius 2 is 2.00 bits per heavy atom. The fourth-order valence-electron chi connectivity index (χ4n) is 1.82. The van der Waals surface area contributed by atoms with E-state index in [9.17, 15) is 9.18 Å². The lowest BCUT2D eigenvalue weighted by Crippen LogP contribution is -2.31. The van der Waals surface area contributed by atoms with Crippen LogP contribution in [0.3, 0.4) is 0 Å². The highest BCUT2D eigenvalue weighted by molar-refractivity contribution is 6.30. The van der Waals surface area contributed by atoms with Gasteiger partial charge in [0, 0.05) is 6.07 Å². The quantitative estimate of drug-likeness (QED) is 0.914. The van der Waals surface area contributed by atoms with E-state index in [4.69, 9.17) is 16.3 Å². The number of nitrogens with one attached hydrogen (secondary N) is 1. The number of amides is 1. The molecule has 0 bridgehead atoms. The van der Waals surface area contributed by atoms with E-state index in [2.05, 4.69) is 5.32 Å². The molecule has 3 nitrogen and oxygen atoms in total. The molecule has 2 aromatic rings. The maximum Gasteiger partial charge on any atom is 0.258 e. The first-order chi connectivity index (χ1) is 10.1. The number of rotatable bonds is 5. The van der Waals surface area contributed by atoms with Gasteiger partial charge < -0.3 is 10.1 Å². The minimum absolute atomic E-state index is 0.0365. The Bertz CT molecular complexity index is 619. The minimum atomic E-state index is -0.522. The molecule has 0 fully saturated rings. The lowest BCUT2D eigenvalue weighted by molar-refractivity contribution is -0.123. The smallest absolute Gasteiger partial charge is 0.258 e. The second-order valence-electron chi connectivity index (χ2n) is 4.56. The van der Waals surface area contributed by atoms with Crippen molar-refractivity contribution < 1.29 is 13.9 Å². The maximum absolute atomic E-state index is 13.0. The fraction of sp³-hybridized carbons (Fsp3) is 0.188. The molecule has 1 unspecified atom stereocenters. The van der Waals surface area contributed by atoms with E-state index in [1.807, 2.05) is 37.3 Å². The van der Waals surface area contributed by atoms with Crippen LogP contribution in [0.15, 0.2) is 48.5 Å². The third-order valence-corrected chi connectivity index (χ3v) is 3.23. The van der Waals surface area contributed by atoms with E-state index in [-0.39, 0.29) is 23.6 Å². The van der Waals surface area contributed by atoms with Gasteiger partial charge in [0.15, 0.2) is 6.61 Å². The molecule has 0 aliphatic rings. The Hall–Kier alpha value is -2.07. The van der Waals surface area contributed by atoms with Crippen LogP contribution in [-0.4, -0.2) is 12.5 Å². The summed E-state index contributed by atoms with van der Waals surface area (Å²) in [5.74, 6) is -0.429. The third kappa shape index (κ3) is 4.46. The molecule has 0 heterocycles. The Morgan fingerprint density at radius 1 is 1.29 bits per heavy atom. The Morgan fingerprint density at radius 3 is 2.67 bits per heavy atom. The minimum Gasteiger partial charge on any atom is -0.484 e. The van der Waals surface area contributed by atoms with E-state index in [1.165, 1.54) is 18.2 Å². The molecule has 0 spiro atoms. The van der Waals surface area contributed by atoms with Gasteiger partial charge in [-0.25, -0.2) is 4.39 Å². The molecule has 0 aromatic heterocycles. The van der Waals surface area contributed by atoms with Gasteiger partial charge in [-0.2, -0.15) is 0 Å². The SMILES string of the molecule is CC(NC(=O)COc1ccc(F)c(Cl)c1)c1ccccc1. The molecular formula is C16H15ClFNO2. The second kappa shape index (κ2) is 7.09. The van der Waals surface area contributed by atoms with Crippen LogP contribution < -0.4 is 10.1 Å². The Kier molecular flexibility index (Phi) is 5.17. The van der Waals surface area contributed by atoms with E-state index in [0.29, 0.717) is 5.75 Å². The number of halogens is 2. The number of hydrogen-bond acceptors (Lipinski definition) is 2. The highest BCUT2D eigenvalue weighted by Gasteiger charge is 2.10. The van der Waals surface area contributed by atoms with E-state index in [1.54, 1.807) is 0 Å². The van der Waals surface area contributed by atoms with Crippen molar-refractivity contribution in [2.45, 2.75) is 13.0 Å². The molecule has 0 aliphatic carbocycles. The predicted molar refractivity (Wildman–Crippen MR) is 79.9 cm³/mol. The summed E-state index contributed by atoms with van der Waals surface area (Å²) in [5, 5.41) is 2.78. The fourth-order valence-corrected chi connectivity index (χ4v) is 1.99. The molecule has 0 saturated carbocycles. The van der Waals surface area contributed by atoms with Crippen LogP contribution in [0.2, 0.25) is 5.02 Å². The number of hydrogen-bond donors (Lipinski definition) is 1. The van der Waals surface area contributed by atoms with Gasteiger partial charge in [-0.3, -0.25) is 4.79 Å². The van der Waals surface area contributed by atoms with Crippen LogP contribution in [0.4, 0.5) is 4.39 Å². The third-order valence-electron chi connectivity index (χ3n) is 2.94. The van der Waals surface area contributed by atoms with Gasteiger partial charge in [0.25, 0.3) is 5.91 Å². The number of carbonyl (C=O) groups is 1. The van der Waals surface area contributed by atoms with E-state index >= 15 is 0 Å². The topological polar surface area (TPSA) is 38.3 Å². The molecular weight excluding hydrogens is 293 g/mol. The van der Waals surface area contributed by atoms with Crippen molar-refractivity contribution in [3.63, 3.8) is 0 Å². The molecule has 1 amide bonds. The first-order valence-corrected chi connectivity index (χ1v) is 6.86. The molecule has 0 saturated heterocycles. The Labute approximate surface area is 127 Å². The lowest BCUT2D eigenvalue weighted by Gasteiger charge is -2.14. The largest absolute Gasteiger partial charge is 0.484 e. The van der Waals surface area contributed by atoms with Crippen LogP contribution in [-0.2, 0) is 4.79 Å². The van der Waals surface area contributed by atoms with Crippen molar-refractivity contribution in [2.24, 2.45) is 0 Å². The zero-order valence-electron chi connectivity index (χ0n) is 11.5. The van der Waals surface area contributed by atoms with E-state index < -0.39 is 5.82 Å². The zero-order chi connectivity index (χ0) is 15.2. The predicted octanol–water partition coefficient (Wildman–Crippen LogP) is 3.74. The van der Waals surface area contributed by atoms with Crippen LogP contribution in [0.1, 0.15) is 18.5 Å². The molecule has 110 valence electrons. The summed E-state index contributed by atoms with van der Waals surface area (Å²) in [6.45, 7) is 1.74. The summed E-state index contributed by atoms with van der Waals surface area (Å²) in [6, 6.07) is 13.5. The average molecular weight is 308 g/mol. The van der Waals surface area contributed by atoms with Crippen molar-refractivity contribution >= 4 is 17.5 Å². The Balaban J connectivity index is 1.86. The molecule has 5 heteroatoms. The first kappa shape index (κ1) is 15.3. The summed E-state index contributed by atoms with van der Waals surface area (Å²) in [4.78, 5) is 11.8. The average Bonchev–Trinajstić information content (AvgIpc) is 2.49. The van der Waals surface area contributed by atoms with Crippen molar-refractivity contribution in [2.75, 3.05) is 6.61 Å². The van der Waals surface area contributed by atoms with Gasteiger partial charge in [0.1, 0.15) is 11.6 Å². The molecule has 2 aromatic carbocycles. The number of carbonyl (C=O) groups excluding carboxylic acids is 1. The van der Waals surface area contributed by atoms with Crippen LogP contribution in [0, 0.1) is 5.82 Å². The number of ether oxygens (including phenoxy) is 1. The highest BCUT2D eigenvalue weighted by Crippen LogP contribution is 2.21. The van der Waals surface area contributed by atoms with Gasteiger partial charge in [0.2, 0.25) is 0 Å². The summed E-state index contributed by atoms with van der Waals surface area (Å²) < 4.78 is 18.3. The highest BCUT2D eigenvalue weighted by atomic mass is 35.5.